The number of hydrogen-bond acceptors (Lipinski definition) is 1. The molecule has 0 spiro atoms. The van der Waals surface area contributed by atoms with Crippen LogP contribution < -0.4 is 0 Å². The zero-order chi connectivity index (χ0) is 17.8. The Morgan fingerprint density at radius 1 is 0.538 bits per heavy atom. The fourth-order valence-corrected chi connectivity index (χ4v) is 3.29. The zero-order valence-corrected chi connectivity index (χ0v) is 14.5. The van der Waals surface area contributed by atoms with E-state index in [4.69, 9.17) is 0 Å². The molecule has 4 aromatic rings. The summed E-state index contributed by atoms with van der Waals surface area (Å²) in [5.41, 5.74) is 6.98. The minimum Gasteiger partial charge on any atom is -0.392 e. The van der Waals surface area contributed by atoms with Gasteiger partial charge in [0.05, 0.1) is 6.61 Å². The number of rotatable bonds is 5. The molecule has 0 aliphatic carbocycles. The summed E-state index contributed by atoms with van der Waals surface area (Å²) in [5, 5.41) is 9.27. The van der Waals surface area contributed by atoms with Gasteiger partial charge in [0.25, 0.3) is 0 Å². The van der Waals surface area contributed by atoms with Gasteiger partial charge >= 0.3 is 0 Å². The third kappa shape index (κ3) is 3.32. The second-order valence-electron chi connectivity index (χ2n) is 6.40. The second kappa shape index (κ2) is 7.42. The molecular weight excluding hydrogens is 318 g/mol. The molecule has 26 heavy (non-hydrogen) atoms. The summed E-state index contributed by atoms with van der Waals surface area (Å²) in [6.45, 7) is 0.863. The van der Waals surface area contributed by atoms with Crippen LogP contribution >= 0.6 is 0 Å². The summed E-state index contributed by atoms with van der Waals surface area (Å²) < 4.78 is 2.36. The SMILES string of the molecule is OCc1ccc(Cn2c(-c3ccccc3)ccc2-c2ccccc2)cc1. The number of nitrogens with zero attached hydrogens (tertiary/aromatic N) is 1. The highest BCUT2D eigenvalue weighted by atomic mass is 16.3. The number of hydrogen-bond donors (Lipinski definition) is 1. The lowest BCUT2D eigenvalue weighted by molar-refractivity contribution is 0.282. The molecule has 0 saturated heterocycles. The maximum Gasteiger partial charge on any atom is 0.0681 e. The molecule has 2 heteroatoms. The van der Waals surface area contributed by atoms with Gasteiger partial charge in [-0.2, -0.15) is 0 Å². The van der Waals surface area contributed by atoms with E-state index >= 15 is 0 Å². The van der Waals surface area contributed by atoms with Crippen LogP contribution in [0.1, 0.15) is 11.1 Å². The van der Waals surface area contributed by atoms with Gasteiger partial charge in [0.2, 0.25) is 0 Å². The normalized spacial score (nSPS) is 10.8. The summed E-state index contributed by atoms with van der Waals surface area (Å²) in [6.07, 6.45) is 0. The molecule has 0 amide bonds. The molecule has 0 aliphatic rings. The summed E-state index contributed by atoms with van der Waals surface area (Å²) in [7, 11) is 0. The Labute approximate surface area is 154 Å². The van der Waals surface area contributed by atoms with Crippen LogP contribution in [0.3, 0.4) is 0 Å². The van der Waals surface area contributed by atoms with Crippen LogP contribution in [-0.4, -0.2) is 9.67 Å². The van der Waals surface area contributed by atoms with Crippen LogP contribution in [0.15, 0.2) is 97.1 Å². The fourth-order valence-electron chi connectivity index (χ4n) is 3.29. The highest BCUT2D eigenvalue weighted by Gasteiger charge is 2.12. The molecular formula is C24H21NO. The minimum atomic E-state index is 0.0777. The summed E-state index contributed by atoms with van der Waals surface area (Å²) in [6, 6.07) is 33.5. The van der Waals surface area contributed by atoms with Gasteiger partial charge in [0.1, 0.15) is 0 Å². The average Bonchev–Trinajstić information content (AvgIpc) is 3.13. The van der Waals surface area contributed by atoms with Crippen molar-refractivity contribution in [3.8, 4) is 22.5 Å². The van der Waals surface area contributed by atoms with Crippen molar-refractivity contribution < 1.29 is 5.11 Å². The van der Waals surface area contributed by atoms with Crippen LogP contribution in [0.5, 0.6) is 0 Å². The highest BCUT2D eigenvalue weighted by molar-refractivity contribution is 5.70. The van der Waals surface area contributed by atoms with Gasteiger partial charge in [0, 0.05) is 17.9 Å². The average molecular weight is 339 g/mol. The molecule has 0 bridgehead atoms. The molecule has 1 N–H and O–H groups in total. The lowest BCUT2D eigenvalue weighted by atomic mass is 10.1. The first-order valence-electron chi connectivity index (χ1n) is 8.84. The van der Waals surface area contributed by atoms with Crippen molar-refractivity contribution in [3.05, 3.63) is 108 Å². The molecule has 0 radical (unpaired) electrons. The Morgan fingerprint density at radius 2 is 1.00 bits per heavy atom. The van der Waals surface area contributed by atoms with Crippen LogP contribution in [0.25, 0.3) is 22.5 Å². The molecule has 0 fully saturated rings. The van der Waals surface area contributed by atoms with E-state index < -0.39 is 0 Å². The minimum absolute atomic E-state index is 0.0777. The number of benzene rings is 3. The van der Waals surface area contributed by atoms with Crippen LogP contribution in [0.2, 0.25) is 0 Å². The van der Waals surface area contributed by atoms with Gasteiger partial charge in [-0.1, -0.05) is 84.9 Å². The van der Waals surface area contributed by atoms with E-state index in [1.807, 2.05) is 24.3 Å². The van der Waals surface area contributed by atoms with Gasteiger partial charge in [0.15, 0.2) is 0 Å². The first kappa shape index (κ1) is 16.4. The van der Waals surface area contributed by atoms with E-state index in [1.165, 1.54) is 28.1 Å². The standard InChI is InChI=1S/C24H21NO/c26-18-20-13-11-19(12-14-20)17-25-23(21-7-3-1-4-8-21)15-16-24(25)22-9-5-2-6-10-22/h1-16,26H,17-18H2. The van der Waals surface area contributed by atoms with Crippen molar-refractivity contribution in [1.29, 1.82) is 0 Å². The third-order valence-electron chi connectivity index (χ3n) is 4.67. The van der Waals surface area contributed by atoms with Crippen LogP contribution in [-0.2, 0) is 13.2 Å². The van der Waals surface area contributed by atoms with E-state index in [0.29, 0.717) is 0 Å². The van der Waals surface area contributed by atoms with Gasteiger partial charge in [-0.05, 0) is 34.4 Å². The molecule has 0 unspecified atom stereocenters. The van der Waals surface area contributed by atoms with Gasteiger partial charge in [-0.3, -0.25) is 0 Å². The topological polar surface area (TPSA) is 25.2 Å². The molecule has 4 rings (SSSR count). The first-order valence-corrected chi connectivity index (χ1v) is 8.84. The lowest BCUT2D eigenvalue weighted by Gasteiger charge is -2.15. The maximum atomic E-state index is 9.27. The number of aliphatic hydroxyl groups excluding tert-OH is 1. The molecule has 0 saturated carbocycles. The van der Waals surface area contributed by atoms with Crippen molar-refractivity contribution in [1.82, 2.24) is 4.57 Å². The van der Waals surface area contributed by atoms with Crippen molar-refractivity contribution in [3.63, 3.8) is 0 Å². The Balaban J connectivity index is 1.79. The van der Waals surface area contributed by atoms with Crippen molar-refractivity contribution >= 4 is 0 Å². The predicted octanol–water partition coefficient (Wildman–Crippen LogP) is 5.36. The molecule has 0 atom stereocenters. The quantitative estimate of drug-likeness (QED) is 0.520. The van der Waals surface area contributed by atoms with E-state index in [1.54, 1.807) is 0 Å². The Bertz CT molecular complexity index is 913. The number of aliphatic hydroxyl groups is 1. The molecule has 2 nitrogen and oxygen atoms in total. The molecule has 1 aromatic heterocycles. The summed E-state index contributed by atoms with van der Waals surface area (Å²) in [5.74, 6) is 0. The molecule has 128 valence electrons. The van der Waals surface area contributed by atoms with E-state index in [9.17, 15) is 5.11 Å². The maximum absolute atomic E-state index is 9.27. The second-order valence-corrected chi connectivity index (χ2v) is 6.40. The summed E-state index contributed by atoms with van der Waals surface area (Å²) >= 11 is 0. The Morgan fingerprint density at radius 3 is 1.46 bits per heavy atom. The van der Waals surface area contributed by atoms with Crippen molar-refractivity contribution in [2.45, 2.75) is 13.2 Å². The van der Waals surface area contributed by atoms with Crippen molar-refractivity contribution in [2.75, 3.05) is 0 Å². The summed E-state index contributed by atoms with van der Waals surface area (Å²) in [4.78, 5) is 0. The van der Waals surface area contributed by atoms with E-state index in [-0.39, 0.29) is 6.61 Å². The Hall–Kier alpha value is -3.10. The monoisotopic (exact) mass is 339 g/mol. The van der Waals surface area contributed by atoms with Crippen LogP contribution in [0.4, 0.5) is 0 Å². The van der Waals surface area contributed by atoms with E-state index in [0.717, 1.165) is 12.1 Å². The van der Waals surface area contributed by atoms with Crippen LogP contribution in [0, 0.1) is 0 Å². The number of aromatic nitrogens is 1. The molecule has 1 heterocycles. The fraction of sp³-hybridized carbons (Fsp3) is 0.0833. The van der Waals surface area contributed by atoms with Gasteiger partial charge in [-0.25, -0.2) is 0 Å². The Kier molecular flexibility index (Phi) is 4.67. The zero-order valence-electron chi connectivity index (χ0n) is 14.5. The van der Waals surface area contributed by atoms with Gasteiger partial charge < -0.3 is 9.67 Å². The third-order valence-corrected chi connectivity index (χ3v) is 4.67. The first-order chi connectivity index (χ1) is 12.8. The molecule has 0 aliphatic heterocycles. The highest BCUT2D eigenvalue weighted by Crippen LogP contribution is 2.30. The van der Waals surface area contributed by atoms with Gasteiger partial charge in [-0.15, -0.1) is 0 Å². The largest absolute Gasteiger partial charge is 0.392 e. The van der Waals surface area contributed by atoms with Crippen molar-refractivity contribution in [2.24, 2.45) is 0 Å². The smallest absolute Gasteiger partial charge is 0.0681 e. The predicted molar refractivity (Wildman–Crippen MR) is 107 cm³/mol. The molecule has 3 aromatic carbocycles. The lowest BCUT2D eigenvalue weighted by Crippen LogP contribution is -2.04. The van der Waals surface area contributed by atoms with E-state index in [2.05, 4.69) is 77.4 Å².